The van der Waals surface area contributed by atoms with E-state index in [4.69, 9.17) is 10.8 Å². The Balaban J connectivity index is 2.59. The van der Waals surface area contributed by atoms with Crippen LogP contribution in [0.4, 0.5) is 5.95 Å². The molecule has 0 spiro atoms. The maximum absolute atomic E-state index is 10.9. The molecule has 8 heteroatoms. The Bertz CT molecular complexity index is 446. The van der Waals surface area contributed by atoms with Crippen molar-refractivity contribution in [3.63, 3.8) is 0 Å². The Morgan fingerprint density at radius 3 is 2.42 bits per heavy atom. The smallest absolute Gasteiger partial charge is 0.321 e. The van der Waals surface area contributed by atoms with Crippen molar-refractivity contribution in [3.8, 4) is 0 Å². The molecule has 0 aromatic carbocycles. The molecule has 0 aliphatic rings. The second-order valence-corrected chi connectivity index (χ2v) is 4.23. The van der Waals surface area contributed by atoms with Crippen LogP contribution in [0.2, 0.25) is 0 Å². The van der Waals surface area contributed by atoms with Gasteiger partial charge in [-0.3, -0.25) is 14.9 Å². The lowest BCUT2D eigenvalue weighted by Gasteiger charge is -2.13. The molecular formula is C11H17N5O3. The van der Waals surface area contributed by atoms with Crippen LogP contribution >= 0.6 is 0 Å². The van der Waals surface area contributed by atoms with Gasteiger partial charge in [-0.2, -0.15) is 0 Å². The van der Waals surface area contributed by atoms with Crippen molar-refractivity contribution in [1.82, 2.24) is 15.3 Å². The Hall–Kier alpha value is -2.22. The first-order valence-corrected chi connectivity index (χ1v) is 5.63. The number of carbonyl (C=O) groups is 2. The van der Waals surface area contributed by atoms with Crippen molar-refractivity contribution in [2.24, 2.45) is 5.73 Å². The fraction of sp³-hybridized carbons (Fsp3) is 0.455. The van der Waals surface area contributed by atoms with Crippen molar-refractivity contribution in [1.29, 1.82) is 0 Å². The number of nitrogens with one attached hydrogen (secondary N) is 1. The van der Waals surface area contributed by atoms with Crippen LogP contribution in [-0.2, 0) is 16.1 Å². The van der Waals surface area contributed by atoms with Gasteiger partial charge in [-0.05, 0) is 0 Å². The highest BCUT2D eigenvalue weighted by Crippen LogP contribution is 2.03. The van der Waals surface area contributed by atoms with Gasteiger partial charge in [-0.15, -0.1) is 0 Å². The summed E-state index contributed by atoms with van der Waals surface area (Å²) in [6.45, 7) is 0.248. The average molecular weight is 267 g/mol. The van der Waals surface area contributed by atoms with Gasteiger partial charge >= 0.3 is 5.97 Å². The standard InChI is InChI=1S/C11H17N5O3/c1-16(2)11-14-5-7(6-15-11)4-13-8(10(18)19)3-9(12)17/h5-6,8,13H,3-4H2,1-2H3,(H2,12,17)(H,18,19). The first-order valence-electron chi connectivity index (χ1n) is 5.63. The van der Waals surface area contributed by atoms with E-state index >= 15 is 0 Å². The van der Waals surface area contributed by atoms with Gasteiger partial charge in [-0.25, -0.2) is 9.97 Å². The summed E-state index contributed by atoms with van der Waals surface area (Å²) in [5, 5.41) is 11.6. The molecule has 1 amide bonds. The van der Waals surface area contributed by atoms with E-state index in [1.807, 2.05) is 14.1 Å². The summed E-state index contributed by atoms with van der Waals surface area (Å²) in [6, 6.07) is -1.01. The van der Waals surface area contributed by atoms with Crippen LogP contribution in [0.5, 0.6) is 0 Å². The Morgan fingerprint density at radius 2 is 2.00 bits per heavy atom. The van der Waals surface area contributed by atoms with Crippen molar-refractivity contribution in [3.05, 3.63) is 18.0 Å². The van der Waals surface area contributed by atoms with E-state index in [1.165, 1.54) is 0 Å². The highest BCUT2D eigenvalue weighted by molar-refractivity contribution is 5.83. The molecule has 4 N–H and O–H groups in total. The number of hydrogen-bond acceptors (Lipinski definition) is 6. The van der Waals surface area contributed by atoms with Crippen LogP contribution in [0.3, 0.4) is 0 Å². The summed E-state index contributed by atoms with van der Waals surface area (Å²) in [4.78, 5) is 31.6. The minimum Gasteiger partial charge on any atom is -0.480 e. The average Bonchev–Trinajstić information content (AvgIpc) is 2.34. The van der Waals surface area contributed by atoms with Crippen LogP contribution in [0.25, 0.3) is 0 Å². The van der Waals surface area contributed by atoms with Gasteiger partial charge < -0.3 is 15.7 Å². The van der Waals surface area contributed by atoms with Gasteiger partial charge in [0.1, 0.15) is 6.04 Å². The zero-order valence-corrected chi connectivity index (χ0v) is 10.8. The van der Waals surface area contributed by atoms with Crippen LogP contribution < -0.4 is 16.0 Å². The van der Waals surface area contributed by atoms with E-state index < -0.39 is 17.9 Å². The maximum Gasteiger partial charge on any atom is 0.321 e. The molecule has 1 aromatic rings. The Morgan fingerprint density at radius 1 is 1.42 bits per heavy atom. The maximum atomic E-state index is 10.9. The topological polar surface area (TPSA) is 121 Å². The number of hydrogen-bond donors (Lipinski definition) is 3. The third-order valence-corrected chi connectivity index (χ3v) is 2.35. The molecule has 1 unspecified atom stereocenters. The molecule has 0 bridgehead atoms. The molecule has 0 saturated carbocycles. The lowest BCUT2D eigenvalue weighted by molar-refractivity contribution is -0.141. The number of anilines is 1. The van der Waals surface area contributed by atoms with Gasteiger partial charge in [0.25, 0.3) is 0 Å². The highest BCUT2D eigenvalue weighted by atomic mass is 16.4. The fourth-order valence-corrected chi connectivity index (χ4v) is 1.36. The highest BCUT2D eigenvalue weighted by Gasteiger charge is 2.19. The molecule has 0 aliphatic heterocycles. The van der Waals surface area contributed by atoms with Crippen molar-refractivity contribution < 1.29 is 14.7 Å². The molecule has 19 heavy (non-hydrogen) atoms. The molecule has 0 saturated heterocycles. The molecule has 1 atom stereocenters. The van der Waals surface area contributed by atoms with E-state index in [9.17, 15) is 9.59 Å². The molecule has 104 valence electrons. The largest absolute Gasteiger partial charge is 0.480 e. The fourth-order valence-electron chi connectivity index (χ4n) is 1.36. The monoisotopic (exact) mass is 267 g/mol. The number of nitrogens with zero attached hydrogens (tertiary/aromatic N) is 3. The van der Waals surface area contributed by atoms with Crippen molar-refractivity contribution in [2.45, 2.75) is 19.0 Å². The molecule has 1 rings (SSSR count). The summed E-state index contributed by atoms with van der Waals surface area (Å²) >= 11 is 0. The molecule has 1 heterocycles. The number of aromatic nitrogens is 2. The number of rotatable bonds is 7. The van der Waals surface area contributed by atoms with Crippen LogP contribution in [0.1, 0.15) is 12.0 Å². The van der Waals surface area contributed by atoms with E-state index in [0.29, 0.717) is 5.95 Å². The number of carboxylic acids is 1. The second kappa shape index (κ2) is 6.64. The number of nitrogens with two attached hydrogens (primary N) is 1. The van der Waals surface area contributed by atoms with E-state index in [1.54, 1.807) is 17.3 Å². The van der Waals surface area contributed by atoms with Gasteiger partial charge in [-0.1, -0.05) is 0 Å². The van der Waals surface area contributed by atoms with Gasteiger partial charge in [0.05, 0.1) is 6.42 Å². The lowest BCUT2D eigenvalue weighted by atomic mass is 10.2. The Labute approximate surface area is 110 Å². The third-order valence-electron chi connectivity index (χ3n) is 2.35. The minimum atomic E-state index is -1.12. The van der Waals surface area contributed by atoms with Crippen LogP contribution in [-0.4, -0.2) is 47.1 Å². The van der Waals surface area contributed by atoms with Crippen molar-refractivity contribution in [2.75, 3.05) is 19.0 Å². The molecule has 0 radical (unpaired) electrons. The first kappa shape index (κ1) is 14.8. The van der Waals surface area contributed by atoms with E-state index in [-0.39, 0.29) is 13.0 Å². The van der Waals surface area contributed by atoms with Crippen LogP contribution in [0.15, 0.2) is 12.4 Å². The molecular weight excluding hydrogens is 250 g/mol. The van der Waals surface area contributed by atoms with E-state index in [0.717, 1.165) is 5.56 Å². The normalized spacial score (nSPS) is 11.9. The summed E-state index contributed by atoms with van der Waals surface area (Å²) in [5.41, 5.74) is 5.70. The lowest BCUT2D eigenvalue weighted by Crippen LogP contribution is -2.39. The van der Waals surface area contributed by atoms with Gasteiger partial charge in [0.2, 0.25) is 11.9 Å². The van der Waals surface area contributed by atoms with Gasteiger partial charge in [0.15, 0.2) is 0 Å². The third kappa shape index (κ3) is 4.88. The molecule has 1 aromatic heterocycles. The predicted octanol–water partition coefficient (Wildman–Crippen LogP) is -1.04. The second-order valence-electron chi connectivity index (χ2n) is 4.23. The summed E-state index contributed by atoms with van der Waals surface area (Å²) in [5.74, 6) is -1.22. The Kier molecular flexibility index (Phi) is 5.19. The molecule has 0 aliphatic carbocycles. The minimum absolute atomic E-state index is 0.248. The quantitative estimate of drug-likeness (QED) is 0.577. The number of carbonyl (C=O) groups excluding carboxylic acids is 1. The summed E-state index contributed by atoms with van der Waals surface area (Å²) in [6.07, 6.45) is 2.93. The number of carboxylic acid groups (broad SMARTS) is 1. The zero-order chi connectivity index (χ0) is 14.4. The summed E-state index contributed by atoms with van der Waals surface area (Å²) in [7, 11) is 3.64. The van der Waals surface area contributed by atoms with Crippen LogP contribution in [0, 0.1) is 0 Å². The van der Waals surface area contributed by atoms with E-state index in [2.05, 4.69) is 15.3 Å². The number of aliphatic carboxylic acids is 1. The number of amides is 1. The summed E-state index contributed by atoms with van der Waals surface area (Å²) < 4.78 is 0. The van der Waals surface area contributed by atoms with Gasteiger partial charge in [0, 0.05) is 38.6 Å². The predicted molar refractivity (Wildman–Crippen MR) is 68.4 cm³/mol. The SMILES string of the molecule is CN(C)c1ncc(CNC(CC(N)=O)C(=O)O)cn1. The van der Waals surface area contributed by atoms with Crippen molar-refractivity contribution >= 4 is 17.8 Å². The zero-order valence-electron chi connectivity index (χ0n) is 10.8. The first-order chi connectivity index (χ1) is 8.90. The number of primary amides is 1. The molecule has 8 nitrogen and oxygen atoms in total. The molecule has 0 fully saturated rings.